The van der Waals surface area contributed by atoms with Gasteiger partial charge in [-0.25, -0.2) is 9.97 Å². The summed E-state index contributed by atoms with van der Waals surface area (Å²) in [4.78, 5) is 9.19. The topological polar surface area (TPSA) is 62.2 Å². The van der Waals surface area contributed by atoms with E-state index in [1.54, 1.807) is 6.21 Å². The van der Waals surface area contributed by atoms with Gasteiger partial charge < -0.3 is 5.32 Å². The van der Waals surface area contributed by atoms with Crippen LogP contribution in [0, 0.1) is 6.92 Å². The fourth-order valence-electron chi connectivity index (χ4n) is 2.49. The Morgan fingerprint density at radius 1 is 0.962 bits per heavy atom. The van der Waals surface area contributed by atoms with Crippen LogP contribution in [0.4, 0.5) is 11.6 Å². The number of hydrogen-bond donors (Lipinski definition) is 2. The number of nitrogens with zero attached hydrogens (tertiary/aromatic N) is 3. The van der Waals surface area contributed by atoms with Crippen molar-refractivity contribution in [2.75, 3.05) is 17.3 Å². The third kappa shape index (κ3) is 4.89. The van der Waals surface area contributed by atoms with Gasteiger partial charge in [-0.05, 0) is 18.9 Å². The minimum atomic E-state index is 0.654. The Labute approximate surface area is 154 Å². The van der Waals surface area contributed by atoms with E-state index in [1.807, 2.05) is 48.5 Å². The van der Waals surface area contributed by atoms with Crippen molar-refractivity contribution in [3.05, 3.63) is 71.8 Å². The van der Waals surface area contributed by atoms with Crippen molar-refractivity contribution in [1.82, 2.24) is 9.97 Å². The molecule has 0 bridgehead atoms. The molecule has 5 nitrogen and oxygen atoms in total. The fourth-order valence-corrected chi connectivity index (χ4v) is 2.49. The second kappa shape index (κ2) is 8.76. The van der Waals surface area contributed by atoms with Gasteiger partial charge in [0.25, 0.3) is 0 Å². The minimum Gasteiger partial charge on any atom is -0.370 e. The molecule has 2 aromatic carbocycles. The first-order valence-corrected chi connectivity index (χ1v) is 8.78. The maximum Gasteiger partial charge on any atom is 0.163 e. The normalized spacial score (nSPS) is 10.8. The Balaban J connectivity index is 1.83. The second-order valence-corrected chi connectivity index (χ2v) is 6.04. The van der Waals surface area contributed by atoms with Crippen LogP contribution in [0.3, 0.4) is 0 Å². The quantitative estimate of drug-likeness (QED) is 0.480. The molecule has 3 aromatic rings. The number of aromatic nitrogens is 2. The molecule has 1 aromatic heterocycles. The summed E-state index contributed by atoms with van der Waals surface area (Å²) in [5.41, 5.74) is 6.23. The van der Waals surface area contributed by atoms with Crippen molar-refractivity contribution < 1.29 is 0 Å². The van der Waals surface area contributed by atoms with Gasteiger partial charge in [0.1, 0.15) is 5.82 Å². The summed E-state index contributed by atoms with van der Waals surface area (Å²) in [6.45, 7) is 5.04. The Kier molecular flexibility index (Phi) is 5.93. The summed E-state index contributed by atoms with van der Waals surface area (Å²) in [5.74, 6) is 2.11. The molecule has 0 radical (unpaired) electrons. The number of hydrogen-bond acceptors (Lipinski definition) is 5. The SMILES string of the molecule is CCCNc1cc(N/N=C/c2cccc(C)c2)nc(-c2ccccc2)n1. The van der Waals surface area contributed by atoms with E-state index in [-0.39, 0.29) is 0 Å². The van der Waals surface area contributed by atoms with E-state index < -0.39 is 0 Å². The molecule has 0 amide bonds. The highest BCUT2D eigenvalue weighted by Crippen LogP contribution is 2.20. The Bertz CT molecular complexity index is 875. The van der Waals surface area contributed by atoms with E-state index in [4.69, 9.17) is 0 Å². The number of anilines is 2. The Hall–Kier alpha value is -3.21. The highest BCUT2D eigenvalue weighted by atomic mass is 15.3. The minimum absolute atomic E-state index is 0.654. The van der Waals surface area contributed by atoms with Gasteiger partial charge in [0.2, 0.25) is 0 Å². The van der Waals surface area contributed by atoms with Crippen LogP contribution in [0.5, 0.6) is 0 Å². The van der Waals surface area contributed by atoms with E-state index in [9.17, 15) is 0 Å². The summed E-state index contributed by atoms with van der Waals surface area (Å²) in [6, 6.07) is 20.0. The molecule has 2 N–H and O–H groups in total. The summed E-state index contributed by atoms with van der Waals surface area (Å²) >= 11 is 0. The van der Waals surface area contributed by atoms with Crippen LogP contribution < -0.4 is 10.7 Å². The second-order valence-electron chi connectivity index (χ2n) is 6.04. The van der Waals surface area contributed by atoms with Crippen LogP contribution in [0.15, 0.2) is 65.8 Å². The van der Waals surface area contributed by atoms with Gasteiger partial charge in [-0.2, -0.15) is 5.10 Å². The van der Waals surface area contributed by atoms with Crippen molar-refractivity contribution in [3.63, 3.8) is 0 Å². The van der Waals surface area contributed by atoms with Crippen LogP contribution in [0.1, 0.15) is 24.5 Å². The zero-order chi connectivity index (χ0) is 18.2. The van der Waals surface area contributed by atoms with Gasteiger partial charge >= 0.3 is 0 Å². The highest BCUT2D eigenvalue weighted by molar-refractivity contribution is 5.80. The lowest BCUT2D eigenvalue weighted by Crippen LogP contribution is -2.05. The molecule has 0 atom stereocenters. The van der Waals surface area contributed by atoms with Crippen LogP contribution in [0.2, 0.25) is 0 Å². The molecule has 0 fully saturated rings. The summed E-state index contributed by atoms with van der Waals surface area (Å²) in [5, 5.41) is 7.63. The molecule has 1 heterocycles. The highest BCUT2D eigenvalue weighted by Gasteiger charge is 2.06. The molecule has 0 aliphatic rings. The molecule has 132 valence electrons. The average Bonchev–Trinajstić information content (AvgIpc) is 2.67. The molecule has 0 aliphatic heterocycles. The first-order chi connectivity index (χ1) is 12.7. The Morgan fingerprint density at radius 2 is 1.77 bits per heavy atom. The first kappa shape index (κ1) is 17.6. The third-order valence-corrected chi connectivity index (χ3v) is 3.75. The predicted molar refractivity (Wildman–Crippen MR) is 109 cm³/mol. The zero-order valence-corrected chi connectivity index (χ0v) is 15.1. The van der Waals surface area contributed by atoms with Crippen LogP contribution in [0.25, 0.3) is 11.4 Å². The Morgan fingerprint density at radius 3 is 2.54 bits per heavy atom. The maximum atomic E-state index is 4.60. The van der Waals surface area contributed by atoms with Gasteiger partial charge in [-0.15, -0.1) is 0 Å². The molecule has 0 aliphatic carbocycles. The maximum absolute atomic E-state index is 4.60. The summed E-state index contributed by atoms with van der Waals surface area (Å²) in [6.07, 6.45) is 2.81. The molecule has 0 saturated heterocycles. The number of nitrogens with one attached hydrogen (secondary N) is 2. The van der Waals surface area contributed by atoms with Crippen molar-refractivity contribution >= 4 is 17.9 Å². The van der Waals surface area contributed by atoms with Gasteiger partial charge in [0.05, 0.1) is 6.21 Å². The lowest BCUT2D eigenvalue weighted by molar-refractivity contribution is 0.965. The zero-order valence-electron chi connectivity index (χ0n) is 15.1. The first-order valence-electron chi connectivity index (χ1n) is 8.78. The van der Waals surface area contributed by atoms with Gasteiger partial charge in [-0.3, -0.25) is 5.43 Å². The molecule has 0 spiro atoms. The molecule has 26 heavy (non-hydrogen) atoms. The molecular formula is C21H23N5. The van der Waals surface area contributed by atoms with Crippen LogP contribution in [-0.4, -0.2) is 22.7 Å². The van der Waals surface area contributed by atoms with Crippen molar-refractivity contribution in [3.8, 4) is 11.4 Å². The van der Waals surface area contributed by atoms with Gasteiger partial charge in [0, 0.05) is 18.2 Å². The number of rotatable bonds is 7. The number of benzene rings is 2. The van der Waals surface area contributed by atoms with Crippen LogP contribution >= 0.6 is 0 Å². The molecule has 3 rings (SSSR count). The van der Waals surface area contributed by atoms with Gasteiger partial charge in [-0.1, -0.05) is 67.1 Å². The smallest absolute Gasteiger partial charge is 0.163 e. The molecule has 0 saturated carbocycles. The number of aryl methyl sites for hydroxylation is 1. The third-order valence-electron chi connectivity index (χ3n) is 3.75. The van der Waals surface area contributed by atoms with E-state index in [0.29, 0.717) is 11.6 Å². The number of hydrazone groups is 1. The lowest BCUT2D eigenvalue weighted by Gasteiger charge is -2.09. The standard InChI is InChI=1S/C21H23N5/c1-3-12-22-19-14-20(25-21(24-19)18-10-5-4-6-11-18)26-23-15-17-9-7-8-16(2)13-17/h4-11,13-15H,3,12H2,1-2H3,(H2,22,24,25,26)/b23-15+. The predicted octanol–water partition coefficient (Wildman–Crippen LogP) is 4.72. The average molecular weight is 345 g/mol. The van der Waals surface area contributed by atoms with E-state index in [2.05, 4.69) is 51.8 Å². The molecule has 5 heteroatoms. The summed E-state index contributed by atoms with van der Waals surface area (Å²) < 4.78 is 0. The van der Waals surface area contributed by atoms with Crippen molar-refractivity contribution in [2.45, 2.75) is 20.3 Å². The van der Waals surface area contributed by atoms with E-state index >= 15 is 0 Å². The van der Waals surface area contributed by atoms with E-state index in [0.717, 1.165) is 29.9 Å². The molecule has 0 unspecified atom stereocenters. The molecular weight excluding hydrogens is 322 g/mol. The largest absolute Gasteiger partial charge is 0.370 e. The fraction of sp³-hybridized carbons (Fsp3) is 0.190. The van der Waals surface area contributed by atoms with Gasteiger partial charge in [0.15, 0.2) is 11.6 Å². The lowest BCUT2D eigenvalue weighted by atomic mass is 10.2. The van der Waals surface area contributed by atoms with E-state index in [1.165, 1.54) is 5.56 Å². The van der Waals surface area contributed by atoms with Crippen molar-refractivity contribution in [2.24, 2.45) is 5.10 Å². The summed E-state index contributed by atoms with van der Waals surface area (Å²) in [7, 11) is 0. The van der Waals surface area contributed by atoms with Crippen molar-refractivity contribution in [1.29, 1.82) is 0 Å². The van der Waals surface area contributed by atoms with Crippen LogP contribution in [-0.2, 0) is 0 Å². The monoisotopic (exact) mass is 345 g/mol.